The zero-order valence-corrected chi connectivity index (χ0v) is 15.6. The Morgan fingerprint density at radius 2 is 1.96 bits per heavy atom. The number of hydrogen-bond donors (Lipinski definition) is 1. The van der Waals surface area contributed by atoms with E-state index in [0.717, 1.165) is 30.5 Å². The van der Waals surface area contributed by atoms with Crippen molar-refractivity contribution in [3.05, 3.63) is 69.3 Å². The van der Waals surface area contributed by atoms with Gasteiger partial charge in [0.25, 0.3) is 11.6 Å². The summed E-state index contributed by atoms with van der Waals surface area (Å²) in [4.78, 5) is 26.0. The van der Waals surface area contributed by atoms with Gasteiger partial charge in [-0.05, 0) is 36.5 Å². The highest BCUT2D eigenvalue weighted by atomic mass is 16.6. The Hall–Kier alpha value is -2.93. The van der Waals surface area contributed by atoms with E-state index < -0.39 is 4.92 Å². The lowest BCUT2D eigenvalue weighted by Gasteiger charge is -2.31. The molecule has 1 fully saturated rings. The number of hydrogen-bond acceptors (Lipinski definition) is 5. The van der Waals surface area contributed by atoms with Crippen LogP contribution in [0.1, 0.15) is 40.4 Å². The molecule has 2 aromatic rings. The number of nitro benzene ring substituents is 1. The van der Waals surface area contributed by atoms with Crippen LogP contribution in [-0.4, -0.2) is 37.1 Å². The molecule has 1 aliphatic heterocycles. The lowest BCUT2D eigenvalue weighted by atomic mass is 9.87. The Balaban J connectivity index is 1.64. The second-order valence-electron chi connectivity index (χ2n) is 7.18. The summed E-state index contributed by atoms with van der Waals surface area (Å²) in [5.74, 6) is -0.271. The van der Waals surface area contributed by atoms with Crippen LogP contribution in [0.5, 0.6) is 0 Å². The van der Waals surface area contributed by atoms with Crippen LogP contribution in [0.4, 0.5) is 11.4 Å². The fourth-order valence-corrected chi connectivity index (χ4v) is 4.04. The molecule has 0 unspecified atom stereocenters. The van der Waals surface area contributed by atoms with Crippen LogP contribution in [0.2, 0.25) is 0 Å². The topological polar surface area (TPSA) is 84.7 Å². The summed E-state index contributed by atoms with van der Waals surface area (Å²) in [7, 11) is 0. The Kier molecular flexibility index (Phi) is 5.25. The minimum Gasteiger partial charge on any atom is -0.378 e. The van der Waals surface area contributed by atoms with Crippen LogP contribution in [0.15, 0.2) is 42.5 Å². The third-order valence-electron chi connectivity index (χ3n) is 5.46. The lowest BCUT2D eigenvalue weighted by Crippen LogP contribution is -2.38. The largest absolute Gasteiger partial charge is 0.378 e. The predicted molar refractivity (Wildman–Crippen MR) is 106 cm³/mol. The molecule has 0 spiro atoms. The van der Waals surface area contributed by atoms with Gasteiger partial charge < -0.3 is 15.0 Å². The lowest BCUT2D eigenvalue weighted by molar-refractivity contribution is -0.384. The molecule has 1 saturated heterocycles. The van der Waals surface area contributed by atoms with E-state index >= 15 is 0 Å². The van der Waals surface area contributed by atoms with Gasteiger partial charge in [0, 0.05) is 25.2 Å². The zero-order chi connectivity index (χ0) is 19.5. The van der Waals surface area contributed by atoms with Crippen LogP contribution >= 0.6 is 0 Å². The summed E-state index contributed by atoms with van der Waals surface area (Å²) in [6.45, 7) is 2.47. The van der Waals surface area contributed by atoms with Crippen molar-refractivity contribution in [1.29, 1.82) is 0 Å². The summed E-state index contributed by atoms with van der Waals surface area (Å²) in [5, 5.41) is 14.4. The minimum atomic E-state index is -0.463. The van der Waals surface area contributed by atoms with Gasteiger partial charge in [-0.15, -0.1) is 0 Å². The number of morpholine rings is 1. The number of carbonyl (C=O) groups excluding carboxylic acids is 1. The molecule has 28 heavy (non-hydrogen) atoms. The molecule has 7 heteroatoms. The highest BCUT2D eigenvalue weighted by Gasteiger charge is 2.26. The monoisotopic (exact) mass is 381 g/mol. The van der Waals surface area contributed by atoms with Gasteiger partial charge in [-0.1, -0.05) is 24.3 Å². The number of nitro groups is 1. The van der Waals surface area contributed by atoms with E-state index in [4.69, 9.17) is 4.74 Å². The van der Waals surface area contributed by atoms with Crippen molar-refractivity contribution in [2.45, 2.75) is 25.3 Å². The van der Waals surface area contributed by atoms with Gasteiger partial charge in [0.15, 0.2) is 0 Å². The molecule has 1 N–H and O–H groups in total. The highest BCUT2D eigenvalue weighted by molar-refractivity contribution is 6.00. The van der Waals surface area contributed by atoms with Crippen molar-refractivity contribution < 1.29 is 14.5 Å². The summed E-state index contributed by atoms with van der Waals surface area (Å²) in [6.07, 6.45) is 2.89. The molecule has 7 nitrogen and oxygen atoms in total. The molecule has 1 atom stereocenters. The third-order valence-corrected chi connectivity index (χ3v) is 5.46. The van der Waals surface area contributed by atoms with E-state index in [1.165, 1.54) is 17.7 Å². The summed E-state index contributed by atoms with van der Waals surface area (Å²) < 4.78 is 5.39. The van der Waals surface area contributed by atoms with Crippen molar-refractivity contribution in [3.8, 4) is 0 Å². The molecule has 2 aliphatic rings. The number of benzene rings is 2. The number of ether oxygens (including phenoxy) is 1. The number of fused-ring (bicyclic) bond motifs is 1. The Morgan fingerprint density at radius 1 is 1.18 bits per heavy atom. The van der Waals surface area contributed by atoms with Gasteiger partial charge >= 0.3 is 0 Å². The van der Waals surface area contributed by atoms with Crippen molar-refractivity contribution in [1.82, 2.24) is 5.32 Å². The van der Waals surface area contributed by atoms with Crippen LogP contribution in [0.3, 0.4) is 0 Å². The second-order valence-corrected chi connectivity index (χ2v) is 7.18. The molecule has 1 amide bonds. The number of non-ortho nitro benzene ring substituents is 1. The average Bonchev–Trinajstić information content (AvgIpc) is 2.74. The fourth-order valence-electron chi connectivity index (χ4n) is 4.04. The molecule has 4 rings (SSSR count). The van der Waals surface area contributed by atoms with Gasteiger partial charge in [-0.2, -0.15) is 0 Å². The minimum absolute atomic E-state index is 0.0748. The first-order valence-corrected chi connectivity index (χ1v) is 9.63. The molecule has 0 bridgehead atoms. The number of rotatable bonds is 4. The smallest absolute Gasteiger partial charge is 0.270 e. The van der Waals surface area contributed by atoms with Crippen LogP contribution in [-0.2, 0) is 11.2 Å². The predicted octanol–water partition coefficient (Wildman–Crippen LogP) is 3.24. The van der Waals surface area contributed by atoms with Crippen molar-refractivity contribution in [3.63, 3.8) is 0 Å². The van der Waals surface area contributed by atoms with Gasteiger partial charge in [0.1, 0.15) is 0 Å². The van der Waals surface area contributed by atoms with Crippen molar-refractivity contribution in [2.24, 2.45) is 0 Å². The standard InChI is InChI=1S/C21H23N3O4/c25-21(22-19-7-3-5-15-4-1-2-6-17(15)19)18-14-16(24(26)27)8-9-20(18)23-10-12-28-13-11-23/h1-2,4,6,8-9,14,19H,3,5,7,10-13H2,(H,22,25)/t19-/m1/s1. The number of amides is 1. The van der Waals surface area contributed by atoms with Gasteiger partial charge in [0.05, 0.1) is 35.4 Å². The maximum absolute atomic E-state index is 13.2. The molecule has 0 aromatic heterocycles. The number of aryl methyl sites for hydroxylation is 1. The molecule has 0 saturated carbocycles. The first-order valence-electron chi connectivity index (χ1n) is 9.63. The first kappa shape index (κ1) is 18.4. The number of nitrogens with zero attached hydrogens (tertiary/aromatic N) is 2. The molecule has 1 heterocycles. The summed E-state index contributed by atoms with van der Waals surface area (Å²) in [6, 6.07) is 12.6. The van der Waals surface area contributed by atoms with Crippen molar-refractivity contribution >= 4 is 17.3 Å². The van der Waals surface area contributed by atoms with E-state index in [1.54, 1.807) is 6.07 Å². The van der Waals surface area contributed by atoms with E-state index in [0.29, 0.717) is 31.9 Å². The molecule has 0 radical (unpaired) electrons. The third kappa shape index (κ3) is 3.71. The molecule has 1 aliphatic carbocycles. The quantitative estimate of drug-likeness (QED) is 0.649. The van der Waals surface area contributed by atoms with Crippen molar-refractivity contribution in [2.75, 3.05) is 31.2 Å². The zero-order valence-electron chi connectivity index (χ0n) is 15.6. The molecular weight excluding hydrogens is 358 g/mol. The average molecular weight is 381 g/mol. The summed E-state index contributed by atoms with van der Waals surface area (Å²) in [5.41, 5.74) is 3.38. The summed E-state index contributed by atoms with van der Waals surface area (Å²) >= 11 is 0. The normalized spacial score (nSPS) is 19.0. The SMILES string of the molecule is O=C(N[C@@H]1CCCc2ccccc21)c1cc([N+](=O)[O-])ccc1N1CCOCC1. The first-order chi connectivity index (χ1) is 13.6. The molecular formula is C21H23N3O4. The fraction of sp³-hybridized carbons (Fsp3) is 0.381. The number of carbonyl (C=O) groups is 1. The van der Waals surface area contributed by atoms with Crippen LogP contribution in [0, 0.1) is 10.1 Å². The van der Waals surface area contributed by atoms with E-state index in [1.807, 2.05) is 12.1 Å². The second kappa shape index (κ2) is 7.98. The maximum atomic E-state index is 13.2. The Bertz CT molecular complexity index is 893. The maximum Gasteiger partial charge on any atom is 0.270 e. The Labute approximate surface area is 163 Å². The van der Waals surface area contributed by atoms with Gasteiger partial charge in [-0.25, -0.2) is 0 Å². The highest BCUT2D eigenvalue weighted by Crippen LogP contribution is 2.31. The number of nitrogens with one attached hydrogen (secondary N) is 1. The molecule has 146 valence electrons. The number of anilines is 1. The van der Waals surface area contributed by atoms with E-state index in [-0.39, 0.29) is 17.6 Å². The molecule has 2 aromatic carbocycles. The van der Waals surface area contributed by atoms with Crippen LogP contribution in [0.25, 0.3) is 0 Å². The van der Waals surface area contributed by atoms with Gasteiger partial charge in [-0.3, -0.25) is 14.9 Å². The Morgan fingerprint density at radius 3 is 2.75 bits per heavy atom. The van der Waals surface area contributed by atoms with E-state index in [2.05, 4.69) is 22.3 Å². The van der Waals surface area contributed by atoms with E-state index in [9.17, 15) is 14.9 Å². The van der Waals surface area contributed by atoms with Gasteiger partial charge in [0.2, 0.25) is 0 Å². The van der Waals surface area contributed by atoms with Crippen LogP contribution < -0.4 is 10.2 Å².